The van der Waals surface area contributed by atoms with Crippen LogP contribution in [0.15, 0.2) is 0 Å². The van der Waals surface area contributed by atoms with Crippen molar-refractivity contribution in [1.82, 2.24) is 15.6 Å². The fourth-order valence-electron chi connectivity index (χ4n) is 2.34. The van der Waals surface area contributed by atoms with E-state index >= 15 is 0 Å². The molecule has 1 aromatic heterocycles. The minimum absolute atomic E-state index is 0.0770. The maximum absolute atomic E-state index is 12.0. The summed E-state index contributed by atoms with van der Waals surface area (Å²) in [6.45, 7) is 1.68. The lowest BCUT2D eigenvalue weighted by Gasteiger charge is -2.09. The number of carbonyl (C=O) groups excluding carboxylic acids is 3. The molecule has 1 aliphatic rings. The maximum Gasteiger partial charge on any atom is 0.268 e. The summed E-state index contributed by atoms with van der Waals surface area (Å²) < 4.78 is 0. The number of rotatable bonds is 3. The molecule has 0 radical (unpaired) electrons. The summed E-state index contributed by atoms with van der Waals surface area (Å²) in [6.07, 6.45) is 2.13. The minimum atomic E-state index is -0.358. The quantitative estimate of drug-likeness (QED) is 0.733. The van der Waals surface area contributed by atoms with Crippen molar-refractivity contribution in [3.8, 4) is 0 Å². The molecule has 1 heterocycles. The normalized spacial score (nSPS) is 13.9. The van der Waals surface area contributed by atoms with Crippen molar-refractivity contribution >= 4 is 17.6 Å². The highest BCUT2D eigenvalue weighted by Crippen LogP contribution is 2.26. The Morgan fingerprint density at radius 2 is 2.05 bits per heavy atom. The number of nitrogens with one attached hydrogen (secondary N) is 3. The van der Waals surface area contributed by atoms with Crippen molar-refractivity contribution in [2.45, 2.75) is 26.2 Å². The first-order valence-electron chi connectivity index (χ1n) is 6.28. The molecule has 6 heteroatoms. The number of Topliss-reactive ketones (excluding diaryl/α,β-unsaturated/α-hetero) is 1. The number of fused-ring (bicyclic) bond motifs is 1. The summed E-state index contributed by atoms with van der Waals surface area (Å²) in [5.74, 6) is -0.540. The van der Waals surface area contributed by atoms with E-state index in [-0.39, 0.29) is 24.1 Å². The molecule has 2 amide bonds. The fourth-order valence-corrected chi connectivity index (χ4v) is 2.34. The predicted molar refractivity (Wildman–Crippen MR) is 69.2 cm³/mol. The van der Waals surface area contributed by atoms with Gasteiger partial charge in [0.2, 0.25) is 5.91 Å². The second-order valence-corrected chi connectivity index (χ2v) is 4.61. The number of H-pyrrole nitrogens is 1. The average Bonchev–Trinajstić information content (AvgIpc) is 2.74. The van der Waals surface area contributed by atoms with Crippen LogP contribution in [0.5, 0.6) is 0 Å². The highest BCUT2D eigenvalue weighted by Gasteiger charge is 2.26. The van der Waals surface area contributed by atoms with E-state index in [1.165, 1.54) is 7.05 Å². The molecule has 1 aliphatic carbocycles. The number of ketones is 1. The number of likely N-dealkylation sites (N-methyl/N-ethyl adjacent to an activating group) is 1. The van der Waals surface area contributed by atoms with Gasteiger partial charge < -0.3 is 15.6 Å². The molecule has 0 atom stereocenters. The molecule has 0 fully saturated rings. The summed E-state index contributed by atoms with van der Waals surface area (Å²) in [6, 6.07) is 0. The molecular weight excluding hydrogens is 246 g/mol. The van der Waals surface area contributed by atoms with Gasteiger partial charge in [0, 0.05) is 24.7 Å². The van der Waals surface area contributed by atoms with Gasteiger partial charge in [-0.25, -0.2) is 0 Å². The van der Waals surface area contributed by atoms with Gasteiger partial charge in [0.25, 0.3) is 5.91 Å². The monoisotopic (exact) mass is 263 g/mol. The van der Waals surface area contributed by atoms with Crippen molar-refractivity contribution in [1.29, 1.82) is 0 Å². The van der Waals surface area contributed by atoms with E-state index in [1.54, 1.807) is 6.92 Å². The second kappa shape index (κ2) is 5.26. The van der Waals surface area contributed by atoms with Gasteiger partial charge in [-0.05, 0) is 25.3 Å². The lowest BCUT2D eigenvalue weighted by atomic mass is 9.94. The van der Waals surface area contributed by atoms with E-state index in [1.807, 2.05) is 0 Å². The van der Waals surface area contributed by atoms with Gasteiger partial charge in [-0.15, -0.1) is 0 Å². The summed E-state index contributed by atoms with van der Waals surface area (Å²) >= 11 is 0. The first kappa shape index (κ1) is 13.3. The lowest BCUT2D eigenvalue weighted by Crippen LogP contribution is -2.35. The van der Waals surface area contributed by atoms with Gasteiger partial charge >= 0.3 is 0 Å². The van der Waals surface area contributed by atoms with E-state index in [2.05, 4.69) is 15.6 Å². The zero-order chi connectivity index (χ0) is 14.0. The first-order chi connectivity index (χ1) is 9.04. The van der Waals surface area contributed by atoms with Gasteiger partial charge in [0.15, 0.2) is 5.78 Å². The molecule has 3 N–H and O–H groups in total. The smallest absolute Gasteiger partial charge is 0.268 e. The van der Waals surface area contributed by atoms with Crippen molar-refractivity contribution in [2.24, 2.45) is 0 Å². The van der Waals surface area contributed by atoms with Crippen molar-refractivity contribution in [3.63, 3.8) is 0 Å². The molecule has 0 spiro atoms. The van der Waals surface area contributed by atoms with Gasteiger partial charge in [-0.2, -0.15) is 0 Å². The van der Waals surface area contributed by atoms with Crippen LogP contribution < -0.4 is 10.6 Å². The molecule has 0 saturated heterocycles. The molecule has 2 rings (SSSR count). The second-order valence-electron chi connectivity index (χ2n) is 4.61. The number of hydrogen-bond donors (Lipinski definition) is 3. The predicted octanol–water partition coefficient (Wildman–Crippen LogP) is 0.318. The Labute approximate surface area is 111 Å². The van der Waals surface area contributed by atoms with Gasteiger partial charge in [0.1, 0.15) is 5.69 Å². The van der Waals surface area contributed by atoms with Crippen LogP contribution in [0.1, 0.15) is 44.9 Å². The minimum Gasteiger partial charge on any atom is -0.358 e. The first-order valence-corrected chi connectivity index (χ1v) is 6.28. The van der Waals surface area contributed by atoms with Crippen LogP contribution in [0.3, 0.4) is 0 Å². The number of carbonyl (C=O) groups is 3. The highest BCUT2D eigenvalue weighted by atomic mass is 16.2. The Balaban J connectivity index is 2.19. The van der Waals surface area contributed by atoms with Gasteiger partial charge in [-0.3, -0.25) is 14.4 Å². The zero-order valence-electron chi connectivity index (χ0n) is 11.1. The van der Waals surface area contributed by atoms with E-state index in [9.17, 15) is 14.4 Å². The van der Waals surface area contributed by atoms with Crippen LogP contribution >= 0.6 is 0 Å². The number of hydrogen-bond acceptors (Lipinski definition) is 3. The van der Waals surface area contributed by atoms with Crippen LogP contribution in [-0.4, -0.2) is 36.2 Å². The van der Waals surface area contributed by atoms with E-state index < -0.39 is 0 Å². The van der Waals surface area contributed by atoms with E-state index in [0.29, 0.717) is 23.2 Å². The van der Waals surface area contributed by atoms with E-state index in [0.717, 1.165) is 18.5 Å². The third-order valence-electron chi connectivity index (χ3n) is 3.35. The third-order valence-corrected chi connectivity index (χ3v) is 3.35. The molecule has 19 heavy (non-hydrogen) atoms. The largest absolute Gasteiger partial charge is 0.358 e. The molecule has 6 nitrogen and oxygen atoms in total. The van der Waals surface area contributed by atoms with Crippen LogP contribution in [0.25, 0.3) is 0 Å². The standard InChI is InChI=1S/C13H17N3O3/c1-7-11-8(4-3-5-9(11)17)16-12(7)13(19)15-6-10(18)14-2/h16H,3-6H2,1-2H3,(H,14,18)(H,15,19). The molecule has 1 aromatic rings. The Morgan fingerprint density at radius 3 is 2.68 bits per heavy atom. The van der Waals surface area contributed by atoms with Crippen molar-refractivity contribution in [2.75, 3.05) is 13.6 Å². The maximum atomic E-state index is 12.0. The molecule has 0 aliphatic heterocycles. The summed E-state index contributed by atoms with van der Waals surface area (Å²) in [4.78, 5) is 37.9. The molecule has 0 bridgehead atoms. The summed E-state index contributed by atoms with van der Waals surface area (Å²) in [7, 11) is 1.51. The lowest BCUT2D eigenvalue weighted by molar-refractivity contribution is -0.119. The molecular formula is C13H17N3O3. The number of amides is 2. The number of aromatic nitrogens is 1. The Bertz CT molecular complexity index is 546. The number of aryl methyl sites for hydroxylation is 1. The molecule has 0 saturated carbocycles. The Morgan fingerprint density at radius 1 is 1.32 bits per heavy atom. The molecule has 0 unspecified atom stereocenters. The summed E-state index contributed by atoms with van der Waals surface area (Å²) in [5, 5.41) is 4.95. The molecule has 102 valence electrons. The third kappa shape index (κ3) is 2.52. The SMILES string of the molecule is CNC(=O)CNC(=O)c1[nH]c2c(c1C)C(=O)CCC2. The van der Waals surface area contributed by atoms with Crippen molar-refractivity contribution in [3.05, 3.63) is 22.5 Å². The Hall–Kier alpha value is -2.11. The topological polar surface area (TPSA) is 91.1 Å². The van der Waals surface area contributed by atoms with Gasteiger partial charge in [-0.1, -0.05) is 0 Å². The van der Waals surface area contributed by atoms with Gasteiger partial charge in [0.05, 0.1) is 6.54 Å². The number of aromatic amines is 1. The average molecular weight is 263 g/mol. The van der Waals surface area contributed by atoms with Crippen LogP contribution in [0.2, 0.25) is 0 Å². The zero-order valence-corrected chi connectivity index (χ0v) is 11.1. The molecule has 0 aromatic carbocycles. The Kier molecular flexibility index (Phi) is 3.69. The van der Waals surface area contributed by atoms with E-state index in [4.69, 9.17) is 0 Å². The van der Waals surface area contributed by atoms with Crippen LogP contribution in [0.4, 0.5) is 0 Å². The van der Waals surface area contributed by atoms with Crippen LogP contribution in [-0.2, 0) is 11.2 Å². The van der Waals surface area contributed by atoms with Crippen LogP contribution in [0, 0.1) is 6.92 Å². The fraction of sp³-hybridized carbons (Fsp3) is 0.462. The van der Waals surface area contributed by atoms with Crippen molar-refractivity contribution < 1.29 is 14.4 Å². The highest BCUT2D eigenvalue weighted by molar-refractivity contribution is 6.04. The summed E-state index contributed by atoms with van der Waals surface area (Å²) in [5.41, 5.74) is 2.54.